The number of hydrogen-bond acceptors (Lipinski definition) is 2. The summed E-state index contributed by atoms with van der Waals surface area (Å²) in [6.07, 6.45) is 6.42. The average Bonchev–Trinajstić information content (AvgIpc) is 2.54. The molecule has 2 N–H and O–H groups in total. The molecule has 1 aliphatic rings. The van der Waals surface area contributed by atoms with E-state index < -0.39 is 0 Å². The van der Waals surface area contributed by atoms with Crippen LogP contribution in [0.5, 0.6) is 5.75 Å². The van der Waals surface area contributed by atoms with Crippen LogP contribution in [0.1, 0.15) is 50.6 Å². The Labute approximate surface area is 127 Å². The molecule has 21 heavy (non-hydrogen) atoms. The van der Waals surface area contributed by atoms with E-state index in [0.29, 0.717) is 0 Å². The highest BCUT2D eigenvalue weighted by molar-refractivity contribution is 5.91. The van der Waals surface area contributed by atoms with Gasteiger partial charge in [-0.05, 0) is 35.3 Å². The minimum atomic E-state index is 0.0913. The van der Waals surface area contributed by atoms with Gasteiger partial charge in [0.1, 0.15) is 5.75 Å². The molecule has 0 amide bonds. The fourth-order valence-electron chi connectivity index (χ4n) is 3.79. The lowest BCUT2D eigenvalue weighted by molar-refractivity contribution is 0.171. The van der Waals surface area contributed by atoms with Crippen molar-refractivity contribution in [3.05, 3.63) is 42.0 Å². The van der Waals surface area contributed by atoms with Crippen LogP contribution < -0.4 is 10.5 Å². The summed E-state index contributed by atoms with van der Waals surface area (Å²) in [5.74, 6) is 0.926. The Balaban J connectivity index is 2.08. The molecule has 2 aromatic rings. The summed E-state index contributed by atoms with van der Waals surface area (Å²) >= 11 is 0. The molecule has 112 valence electrons. The number of hydrogen-bond donors (Lipinski definition) is 1. The van der Waals surface area contributed by atoms with Crippen LogP contribution in [0.15, 0.2) is 36.4 Å². The van der Waals surface area contributed by atoms with Crippen molar-refractivity contribution in [1.82, 2.24) is 0 Å². The van der Waals surface area contributed by atoms with E-state index in [1.807, 2.05) is 0 Å². The highest BCUT2D eigenvalue weighted by Crippen LogP contribution is 2.46. The number of ether oxygens (including phenoxy) is 1. The first-order valence-corrected chi connectivity index (χ1v) is 7.97. The molecule has 1 saturated carbocycles. The first-order valence-electron chi connectivity index (χ1n) is 7.97. The van der Waals surface area contributed by atoms with Crippen LogP contribution in [0.25, 0.3) is 10.8 Å². The normalized spacial score (nSPS) is 19.4. The fraction of sp³-hybridized carbons (Fsp3) is 0.474. The van der Waals surface area contributed by atoms with Gasteiger partial charge in [0.25, 0.3) is 0 Å². The van der Waals surface area contributed by atoms with E-state index in [4.69, 9.17) is 10.5 Å². The molecule has 1 atom stereocenters. The third kappa shape index (κ3) is 2.53. The van der Waals surface area contributed by atoms with Gasteiger partial charge in [0.2, 0.25) is 0 Å². The summed E-state index contributed by atoms with van der Waals surface area (Å²) < 4.78 is 5.49. The second-order valence-corrected chi connectivity index (χ2v) is 6.59. The Morgan fingerprint density at radius 3 is 2.33 bits per heavy atom. The van der Waals surface area contributed by atoms with Crippen LogP contribution in [0.4, 0.5) is 0 Å². The molecular formula is C19H25NO. The van der Waals surface area contributed by atoms with Gasteiger partial charge in [-0.3, -0.25) is 0 Å². The van der Waals surface area contributed by atoms with E-state index in [1.54, 1.807) is 7.11 Å². The van der Waals surface area contributed by atoms with Crippen LogP contribution in [0.2, 0.25) is 0 Å². The van der Waals surface area contributed by atoms with E-state index in [0.717, 1.165) is 11.1 Å². The summed E-state index contributed by atoms with van der Waals surface area (Å²) in [5.41, 5.74) is 8.20. The van der Waals surface area contributed by atoms with Crippen LogP contribution in [-0.2, 0) is 0 Å². The summed E-state index contributed by atoms with van der Waals surface area (Å²) in [6.45, 7) is 2.36. The summed E-state index contributed by atoms with van der Waals surface area (Å²) in [4.78, 5) is 0. The molecule has 2 nitrogen and oxygen atoms in total. The smallest absolute Gasteiger partial charge is 0.126 e. The Kier molecular flexibility index (Phi) is 3.90. The second-order valence-electron chi connectivity index (χ2n) is 6.59. The molecule has 0 bridgehead atoms. The average molecular weight is 283 g/mol. The van der Waals surface area contributed by atoms with Gasteiger partial charge >= 0.3 is 0 Å². The Morgan fingerprint density at radius 1 is 1.00 bits per heavy atom. The second kappa shape index (κ2) is 5.69. The third-order valence-electron chi connectivity index (χ3n) is 5.22. The molecule has 0 heterocycles. The minimum Gasteiger partial charge on any atom is -0.496 e. The largest absolute Gasteiger partial charge is 0.496 e. The molecule has 0 aliphatic heterocycles. The zero-order valence-electron chi connectivity index (χ0n) is 13.1. The minimum absolute atomic E-state index is 0.0913. The van der Waals surface area contributed by atoms with Crippen molar-refractivity contribution in [3.8, 4) is 5.75 Å². The van der Waals surface area contributed by atoms with Crippen molar-refractivity contribution in [2.75, 3.05) is 7.11 Å². The zero-order valence-corrected chi connectivity index (χ0v) is 13.1. The molecule has 1 unspecified atom stereocenters. The van der Waals surface area contributed by atoms with Gasteiger partial charge < -0.3 is 10.5 Å². The van der Waals surface area contributed by atoms with Gasteiger partial charge in [-0.2, -0.15) is 0 Å². The van der Waals surface area contributed by atoms with Crippen LogP contribution in [0.3, 0.4) is 0 Å². The maximum absolute atomic E-state index is 6.72. The van der Waals surface area contributed by atoms with Gasteiger partial charge in [0.15, 0.2) is 0 Å². The fourth-order valence-corrected chi connectivity index (χ4v) is 3.79. The Bertz CT molecular complexity index is 628. The molecule has 0 spiro atoms. The Hall–Kier alpha value is -1.54. The van der Waals surface area contributed by atoms with E-state index in [9.17, 15) is 0 Å². The number of methoxy groups -OCH3 is 1. The van der Waals surface area contributed by atoms with Gasteiger partial charge in [-0.15, -0.1) is 0 Å². The van der Waals surface area contributed by atoms with E-state index in [2.05, 4.69) is 43.3 Å². The molecule has 0 aromatic heterocycles. The number of fused-ring (bicyclic) bond motifs is 1. The lowest BCUT2D eigenvalue weighted by Crippen LogP contribution is -2.34. The van der Waals surface area contributed by atoms with Crippen molar-refractivity contribution in [1.29, 1.82) is 0 Å². The lowest BCUT2D eigenvalue weighted by atomic mass is 9.68. The number of benzene rings is 2. The SMILES string of the molecule is COc1ccc(C(N)C2(C)CCCCC2)c2ccccc12. The van der Waals surface area contributed by atoms with E-state index in [-0.39, 0.29) is 11.5 Å². The van der Waals surface area contributed by atoms with Crippen LogP contribution in [-0.4, -0.2) is 7.11 Å². The van der Waals surface area contributed by atoms with Crippen molar-refractivity contribution in [2.24, 2.45) is 11.1 Å². The molecular weight excluding hydrogens is 258 g/mol. The summed E-state index contributed by atoms with van der Waals surface area (Å²) in [6, 6.07) is 12.7. The molecule has 0 saturated heterocycles. The lowest BCUT2D eigenvalue weighted by Gasteiger charge is -2.39. The van der Waals surface area contributed by atoms with Crippen LogP contribution in [0, 0.1) is 5.41 Å². The predicted octanol–water partition coefficient (Wildman–Crippen LogP) is 4.82. The van der Waals surface area contributed by atoms with Crippen molar-refractivity contribution in [2.45, 2.75) is 45.1 Å². The van der Waals surface area contributed by atoms with Gasteiger partial charge in [-0.1, -0.05) is 56.5 Å². The van der Waals surface area contributed by atoms with Gasteiger partial charge in [-0.25, -0.2) is 0 Å². The van der Waals surface area contributed by atoms with E-state index >= 15 is 0 Å². The van der Waals surface area contributed by atoms with E-state index in [1.165, 1.54) is 43.1 Å². The monoisotopic (exact) mass is 283 g/mol. The molecule has 1 fully saturated rings. The van der Waals surface area contributed by atoms with Gasteiger partial charge in [0, 0.05) is 11.4 Å². The molecule has 0 radical (unpaired) electrons. The molecule has 2 aromatic carbocycles. The predicted molar refractivity (Wildman–Crippen MR) is 88.6 cm³/mol. The topological polar surface area (TPSA) is 35.2 Å². The van der Waals surface area contributed by atoms with Gasteiger partial charge in [0.05, 0.1) is 7.11 Å². The van der Waals surface area contributed by atoms with Crippen molar-refractivity contribution >= 4 is 10.8 Å². The third-order valence-corrected chi connectivity index (χ3v) is 5.22. The highest BCUT2D eigenvalue weighted by atomic mass is 16.5. The first kappa shape index (κ1) is 14.4. The zero-order chi connectivity index (χ0) is 14.9. The standard InChI is InChI=1S/C19H25NO/c1-19(12-6-3-7-13-19)18(20)16-10-11-17(21-2)15-9-5-4-8-14(15)16/h4-5,8-11,18H,3,6-7,12-13,20H2,1-2H3. The molecule has 1 aliphatic carbocycles. The van der Waals surface area contributed by atoms with Crippen LogP contribution >= 0.6 is 0 Å². The number of nitrogens with two attached hydrogens (primary N) is 1. The highest BCUT2D eigenvalue weighted by Gasteiger charge is 2.34. The number of rotatable bonds is 3. The van der Waals surface area contributed by atoms with Crippen molar-refractivity contribution < 1.29 is 4.74 Å². The summed E-state index contributed by atoms with van der Waals surface area (Å²) in [7, 11) is 1.73. The summed E-state index contributed by atoms with van der Waals surface area (Å²) in [5, 5.41) is 2.39. The van der Waals surface area contributed by atoms with Crippen molar-refractivity contribution in [3.63, 3.8) is 0 Å². The first-order chi connectivity index (χ1) is 10.2. The Morgan fingerprint density at radius 2 is 1.67 bits per heavy atom. The maximum Gasteiger partial charge on any atom is 0.126 e. The molecule has 3 rings (SSSR count). The molecule has 2 heteroatoms. The quantitative estimate of drug-likeness (QED) is 0.876. The maximum atomic E-state index is 6.72.